The zero-order valence-corrected chi connectivity index (χ0v) is 12.7. The van der Waals surface area contributed by atoms with Crippen molar-refractivity contribution in [3.05, 3.63) is 47.3 Å². The van der Waals surface area contributed by atoms with Crippen molar-refractivity contribution in [2.45, 2.75) is 24.9 Å². The normalized spacial score (nSPS) is 11.8. The summed E-state index contributed by atoms with van der Waals surface area (Å²) >= 11 is 0. The maximum Gasteiger partial charge on any atom is 0.175 e. The molecule has 1 heterocycles. The lowest BCUT2D eigenvalue weighted by Crippen LogP contribution is -2.13. The highest BCUT2D eigenvalue weighted by atomic mass is 32.2. The Morgan fingerprint density at radius 1 is 1.20 bits per heavy atom. The maximum absolute atomic E-state index is 11.4. The quantitative estimate of drug-likeness (QED) is 0.905. The third-order valence-corrected chi connectivity index (χ3v) is 4.46. The number of rotatable bonds is 5. The lowest BCUT2D eigenvalue weighted by atomic mass is 10.2. The van der Waals surface area contributed by atoms with Gasteiger partial charge in [0.1, 0.15) is 0 Å². The van der Waals surface area contributed by atoms with Crippen molar-refractivity contribution in [1.29, 1.82) is 0 Å². The molecule has 0 unspecified atom stereocenters. The first-order valence-electron chi connectivity index (χ1n) is 6.35. The van der Waals surface area contributed by atoms with Crippen LogP contribution in [0.5, 0.6) is 0 Å². The first-order chi connectivity index (χ1) is 9.38. The number of hydrogen-bond donors (Lipinski definition) is 1. The smallest absolute Gasteiger partial charge is 0.175 e. The summed E-state index contributed by atoms with van der Waals surface area (Å²) in [5, 5.41) is 7.52. The molecule has 1 aromatic heterocycles. The van der Waals surface area contributed by atoms with Crippen LogP contribution in [0.15, 0.2) is 35.4 Å². The van der Waals surface area contributed by atoms with E-state index in [0.717, 1.165) is 17.8 Å². The SMILES string of the molecule is Cc1c(CNCc2ccc(S(C)(=O)=O)cc2)cnn1C. The molecule has 108 valence electrons. The lowest BCUT2D eigenvalue weighted by Gasteiger charge is -2.06. The van der Waals surface area contributed by atoms with Crippen molar-refractivity contribution in [2.24, 2.45) is 7.05 Å². The fraction of sp³-hybridized carbons (Fsp3) is 0.357. The van der Waals surface area contributed by atoms with Gasteiger partial charge in [-0.25, -0.2) is 8.42 Å². The molecule has 2 rings (SSSR count). The van der Waals surface area contributed by atoms with Crippen LogP contribution in [0.4, 0.5) is 0 Å². The Kier molecular flexibility index (Phi) is 4.25. The van der Waals surface area contributed by atoms with Gasteiger partial charge in [-0.3, -0.25) is 4.68 Å². The summed E-state index contributed by atoms with van der Waals surface area (Å²) in [5.41, 5.74) is 3.36. The Morgan fingerprint density at radius 2 is 1.85 bits per heavy atom. The Morgan fingerprint density at radius 3 is 2.35 bits per heavy atom. The predicted molar refractivity (Wildman–Crippen MR) is 78.0 cm³/mol. The van der Waals surface area contributed by atoms with Crippen molar-refractivity contribution < 1.29 is 8.42 Å². The second-order valence-corrected chi connectivity index (χ2v) is 6.91. The number of aryl methyl sites for hydroxylation is 1. The summed E-state index contributed by atoms with van der Waals surface area (Å²) in [5.74, 6) is 0. The molecule has 0 saturated heterocycles. The number of hydrogen-bond acceptors (Lipinski definition) is 4. The molecule has 0 spiro atoms. The summed E-state index contributed by atoms with van der Waals surface area (Å²) in [7, 11) is -1.20. The van der Waals surface area contributed by atoms with Crippen LogP contribution >= 0.6 is 0 Å². The molecule has 1 N–H and O–H groups in total. The molecular formula is C14H19N3O2S. The predicted octanol–water partition coefficient (Wildman–Crippen LogP) is 1.42. The highest BCUT2D eigenvalue weighted by molar-refractivity contribution is 7.90. The highest BCUT2D eigenvalue weighted by Crippen LogP contribution is 2.10. The number of aromatic nitrogens is 2. The van der Waals surface area contributed by atoms with Crippen LogP contribution in [0.25, 0.3) is 0 Å². The molecule has 0 amide bonds. The van der Waals surface area contributed by atoms with Gasteiger partial charge in [-0.2, -0.15) is 5.10 Å². The van der Waals surface area contributed by atoms with Crippen molar-refractivity contribution in [1.82, 2.24) is 15.1 Å². The van der Waals surface area contributed by atoms with E-state index in [-0.39, 0.29) is 0 Å². The molecule has 0 aliphatic rings. The van der Waals surface area contributed by atoms with Gasteiger partial charge in [-0.15, -0.1) is 0 Å². The minimum atomic E-state index is -3.12. The standard InChI is InChI=1S/C14H19N3O2S/c1-11-13(10-16-17(11)2)9-15-8-12-4-6-14(7-5-12)20(3,18)19/h4-7,10,15H,8-9H2,1-3H3. The molecule has 5 nitrogen and oxygen atoms in total. The molecule has 0 saturated carbocycles. The third-order valence-electron chi connectivity index (χ3n) is 3.33. The zero-order valence-electron chi connectivity index (χ0n) is 11.9. The zero-order chi connectivity index (χ0) is 14.8. The molecule has 6 heteroatoms. The summed E-state index contributed by atoms with van der Waals surface area (Å²) in [6, 6.07) is 6.95. The molecule has 2 aromatic rings. The van der Waals surface area contributed by atoms with E-state index in [2.05, 4.69) is 10.4 Å². The van der Waals surface area contributed by atoms with Gasteiger partial charge in [-0.05, 0) is 24.6 Å². The average molecular weight is 293 g/mol. The Bertz CT molecular complexity index is 688. The monoisotopic (exact) mass is 293 g/mol. The van der Waals surface area contributed by atoms with Crippen molar-refractivity contribution in [3.63, 3.8) is 0 Å². The van der Waals surface area contributed by atoms with Crippen molar-refractivity contribution in [3.8, 4) is 0 Å². The molecule has 0 radical (unpaired) electrons. The van der Waals surface area contributed by atoms with E-state index in [0.29, 0.717) is 11.4 Å². The molecule has 0 aliphatic carbocycles. The van der Waals surface area contributed by atoms with Crippen LogP contribution in [-0.2, 0) is 30.0 Å². The Labute approximate surface area is 119 Å². The molecule has 0 atom stereocenters. The van der Waals surface area contributed by atoms with Gasteiger partial charge in [0.25, 0.3) is 0 Å². The van der Waals surface area contributed by atoms with E-state index < -0.39 is 9.84 Å². The van der Waals surface area contributed by atoms with Crippen LogP contribution in [0, 0.1) is 6.92 Å². The van der Waals surface area contributed by atoms with Crippen molar-refractivity contribution >= 4 is 9.84 Å². The van der Waals surface area contributed by atoms with Crippen LogP contribution in [0.3, 0.4) is 0 Å². The average Bonchev–Trinajstić information content (AvgIpc) is 2.70. The topological polar surface area (TPSA) is 64.0 Å². The Hall–Kier alpha value is -1.66. The summed E-state index contributed by atoms with van der Waals surface area (Å²) in [6.07, 6.45) is 3.07. The van der Waals surface area contributed by atoms with Crippen molar-refractivity contribution in [2.75, 3.05) is 6.26 Å². The van der Waals surface area contributed by atoms with E-state index >= 15 is 0 Å². The maximum atomic E-state index is 11.4. The first-order valence-corrected chi connectivity index (χ1v) is 8.24. The molecule has 1 aromatic carbocycles. The van der Waals surface area contributed by atoms with E-state index in [4.69, 9.17) is 0 Å². The molecule has 0 bridgehead atoms. The Balaban J connectivity index is 1.93. The van der Waals surface area contributed by atoms with Gasteiger partial charge in [-0.1, -0.05) is 12.1 Å². The number of nitrogens with zero attached hydrogens (tertiary/aromatic N) is 2. The van der Waals surface area contributed by atoms with Gasteiger partial charge in [0.15, 0.2) is 9.84 Å². The highest BCUT2D eigenvalue weighted by Gasteiger charge is 2.06. The minimum Gasteiger partial charge on any atom is -0.308 e. The van der Waals surface area contributed by atoms with Crippen LogP contribution in [-0.4, -0.2) is 24.5 Å². The summed E-state index contributed by atoms with van der Waals surface area (Å²) in [4.78, 5) is 0.351. The second-order valence-electron chi connectivity index (χ2n) is 4.90. The van der Waals surface area contributed by atoms with Crippen LogP contribution in [0.1, 0.15) is 16.8 Å². The van der Waals surface area contributed by atoms with E-state index in [1.807, 2.05) is 37.0 Å². The van der Waals surface area contributed by atoms with Crippen LogP contribution in [0.2, 0.25) is 0 Å². The number of sulfone groups is 1. The number of nitrogens with one attached hydrogen (secondary N) is 1. The second kappa shape index (κ2) is 5.76. The van der Waals surface area contributed by atoms with Gasteiger partial charge >= 0.3 is 0 Å². The molecular weight excluding hydrogens is 274 g/mol. The number of benzene rings is 1. The fourth-order valence-electron chi connectivity index (χ4n) is 1.91. The first kappa shape index (κ1) is 14.7. The molecule has 20 heavy (non-hydrogen) atoms. The van der Waals surface area contributed by atoms with Gasteiger partial charge in [0.05, 0.1) is 11.1 Å². The summed E-state index contributed by atoms with van der Waals surface area (Å²) in [6.45, 7) is 3.47. The third kappa shape index (κ3) is 3.46. The fourth-order valence-corrected chi connectivity index (χ4v) is 2.54. The lowest BCUT2D eigenvalue weighted by molar-refractivity contribution is 0.602. The minimum absolute atomic E-state index is 0.351. The van der Waals surface area contributed by atoms with E-state index in [1.165, 1.54) is 11.8 Å². The van der Waals surface area contributed by atoms with E-state index in [9.17, 15) is 8.42 Å². The van der Waals surface area contributed by atoms with Gasteiger partial charge in [0.2, 0.25) is 0 Å². The van der Waals surface area contributed by atoms with Gasteiger partial charge in [0, 0.05) is 37.7 Å². The molecule has 0 aliphatic heterocycles. The van der Waals surface area contributed by atoms with E-state index in [1.54, 1.807) is 12.1 Å². The van der Waals surface area contributed by atoms with Crippen LogP contribution < -0.4 is 5.32 Å². The largest absolute Gasteiger partial charge is 0.308 e. The van der Waals surface area contributed by atoms with Gasteiger partial charge < -0.3 is 5.32 Å². The summed E-state index contributed by atoms with van der Waals surface area (Å²) < 4.78 is 24.6. The molecule has 0 fully saturated rings.